The van der Waals surface area contributed by atoms with Crippen LogP contribution in [-0.2, 0) is 17.9 Å². The molecular formula is C21H19N3O3. The molecule has 0 saturated heterocycles. The van der Waals surface area contributed by atoms with Crippen molar-refractivity contribution >= 4 is 16.9 Å². The number of carbonyl (C=O) groups excluding carboxylic acids is 1. The Kier molecular flexibility index (Phi) is 5.32. The van der Waals surface area contributed by atoms with Crippen LogP contribution in [0.3, 0.4) is 0 Å². The third kappa shape index (κ3) is 3.87. The number of benzene rings is 2. The Hall–Kier alpha value is -3.46. The van der Waals surface area contributed by atoms with E-state index in [9.17, 15) is 9.59 Å². The van der Waals surface area contributed by atoms with Crippen molar-refractivity contribution in [3.05, 3.63) is 75.8 Å². The first-order chi connectivity index (χ1) is 13.0. The number of ether oxygens (including phenoxy) is 1. The Balaban J connectivity index is 1.85. The van der Waals surface area contributed by atoms with Crippen LogP contribution in [0.5, 0.6) is 0 Å². The molecule has 1 heterocycles. The van der Waals surface area contributed by atoms with E-state index in [2.05, 4.69) is 18.8 Å². The van der Waals surface area contributed by atoms with Gasteiger partial charge in [0.2, 0.25) is 0 Å². The van der Waals surface area contributed by atoms with Gasteiger partial charge < -0.3 is 4.74 Å². The van der Waals surface area contributed by atoms with E-state index in [1.165, 1.54) is 4.57 Å². The van der Waals surface area contributed by atoms with E-state index in [4.69, 9.17) is 10.00 Å². The Morgan fingerprint density at radius 3 is 2.56 bits per heavy atom. The molecule has 6 nitrogen and oxygen atoms in total. The number of carbonyl (C=O) groups is 1. The van der Waals surface area contributed by atoms with Gasteiger partial charge in [-0.1, -0.05) is 38.1 Å². The fourth-order valence-electron chi connectivity index (χ4n) is 2.78. The number of esters is 1. The molecule has 0 aliphatic heterocycles. The molecule has 0 bridgehead atoms. The summed E-state index contributed by atoms with van der Waals surface area (Å²) in [5.41, 5.74) is 1.73. The highest BCUT2D eigenvalue weighted by molar-refractivity contribution is 5.89. The third-order valence-electron chi connectivity index (χ3n) is 4.31. The number of hydrogen-bond acceptors (Lipinski definition) is 5. The van der Waals surface area contributed by atoms with Gasteiger partial charge in [-0.3, -0.25) is 9.36 Å². The molecule has 0 spiro atoms. The molecule has 0 aliphatic rings. The van der Waals surface area contributed by atoms with Gasteiger partial charge in [-0.25, -0.2) is 9.78 Å². The highest BCUT2D eigenvalue weighted by Crippen LogP contribution is 2.16. The highest BCUT2D eigenvalue weighted by atomic mass is 16.5. The van der Waals surface area contributed by atoms with Crippen LogP contribution in [0.4, 0.5) is 0 Å². The molecule has 136 valence electrons. The van der Waals surface area contributed by atoms with Gasteiger partial charge in [0.05, 0.1) is 22.5 Å². The predicted octanol–water partition coefficient (Wildman–Crippen LogP) is 3.40. The standard InChI is InChI=1S/C21H19N3O3/c1-14(2)15-7-9-16(10-8-15)21(26)27-13-19-23-18-6-4-3-5-17(18)20(25)24(19)12-11-22/h3-10,14H,12-13H2,1-2H3. The number of para-hydroxylation sites is 1. The average molecular weight is 361 g/mol. The van der Waals surface area contributed by atoms with Crippen LogP contribution in [0.15, 0.2) is 53.3 Å². The van der Waals surface area contributed by atoms with Crippen molar-refractivity contribution in [3.8, 4) is 6.07 Å². The van der Waals surface area contributed by atoms with Crippen molar-refractivity contribution in [3.63, 3.8) is 0 Å². The molecule has 1 aromatic heterocycles. The molecule has 6 heteroatoms. The Labute approximate surface area is 156 Å². The Morgan fingerprint density at radius 1 is 1.19 bits per heavy atom. The van der Waals surface area contributed by atoms with Gasteiger partial charge in [0.1, 0.15) is 13.2 Å². The van der Waals surface area contributed by atoms with E-state index >= 15 is 0 Å². The quantitative estimate of drug-likeness (QED) is 0.650. The Bertz CT molecular complexity index is 1080. The van der Waals surface area contributed by atoms with E-state index in [0.29, 0.717) is 22.4 Å². The van der Waals surface area contributed by atoms with Gasteiger partial charge >= 0.3 is 5.97 Å². The molecule has 2 aromatic carbocycles. The van der Waals surface area contributed by atoms with E-state index < -0.39 is 5.97 Å². The second-order valence-corrected chi connectivity index (χ2v) is 6.45. The molecule has 0 atom stereocenters. The van der Waals surface area contributed by atoms with Crippen molar-refractivity contribution in [2.24, 2.45) is 0 Å². The Morgan fingerprint density at radius 2 is 1.89 bits per heavy atom. The molecule has 0 fully saturated rings. The number of nitriles is 1. The van der Waals surface area contributed by atoms with Crippen molar-refractivity contribution < 1.29 is 9.53 Å². The first kappa shape index (κ1) is 18.3. The summed E-state index contributed by atoms with van der Waals surface area (Å²) in [5.74, 6) is 0.112. The molecule has 0 aliphatic carbocycles. The van der Waals surface area contributed by atoms with Crippen LogP contribution < -0.4 is 5.56 Å². The number of aromatic nitrogens is 2. The fourth-order valence-corrected chi connectivity index (χ4v) is 2.78. The van der Waals surface area contributed by atoms with E-state index in [1.54, 1.807) is 36.4 Å². The largest absolute Gasteiger partial charge is 0.454 e. The fraction of sp³-hybridized carbons (Fsp3) is 0.238. The number of nitrogens with zero attached hydrogens (tertiary/aromatic N) is 3. The van der Waals surface area contributed by atoms with Gasteiger partial charge in [0.15, 0.2) is 5.82 Å². The molecule has 0 radical (unpaired) electrons. The van der Waals surface area contributed by atoms with Crippen LogP contribution in [0.25, 0.3) is 10.9 Å². The molecule has 27 heavy (non-hydrogen) atoms. The highest BCUT2D eigenvalue weighted by Gasteiger charge is 2.14. The lowest BCUT2D eigenvalue weighted by Crippen LogP contribution is -2.26. The number of rotatable bonds is 5. The van der Waals surface area contributed by atoms with Crippen LogP contribution in [0.2, 0.25) is 0 Å². The summed E-state index contributed by atoms with van der Waals surface area (Å²) in [6, 6.07) is 16.0. The molecule has 0 saturated carbocycles. The minimum Gasteiger partial charge on any atom is -0.454 e. The SMILES string of the molecule is CC(C)c1ccc(C(=O)OCc2nc3ccccc3c(=O)n2CC#N)cc1. The zero-order chi connectivity index (χ0) is 19.4. The van der Waals surface area contributed by atoms with Gasteiger partial charge in [0.25, 0.3) is 5.56 Å². The van der Waals surface area contributed by atoms with Crippen LogP contribution in [-0.4, -0.2) is 15.5 Å². The minimum atomic E-state index is -0.503. The summed E-state index contributed by atoms with van der Waals surface area (Å²) >= 11 is 0. The maximum Gasteiger partial charge on any atom is 0.338 e. The maximum absolute atomic E-state index is 12.6. The van der Waals surface area contributed by atoms with E-state index in [-0.39, 0.29) is 24.5 Å². The lowest BCUT2D eigenvalue weighted by molar-refractivity contribution is 0.0457. The summed E-state index contributed by atoms with van der Waals surface area (Å²) in [6.07, 6.45) is 0. The van der Waals surface area contributed by atoms with E-state index in [1.807, 2.05) is 18.2 Å². The number of hydrogen-bond donors (Lipinski definition) is 0. The van der Waals surface area contributed by atoms with Crippen LogP contribution in [0, 0.1) is 11.3 Å². The van der Waals surface area contributed by atoms with Crippen molar-refractivity contribution in [2.45, 2.75) is 32.9 Å². The van der Waals surface area contributed by atoms with Gasteiger partial charge in [-0.15, -0.1) is 0 Å². The first-order valence-corrected chi connectivity index (χ1v) is 8.63. The summed E-state index contributed by atoms with van der Waals surface area (Å²) < 4.78 is 6.57. The van der Waals surface area contributed by atoms with Crippen molar-refractivity contribution in [2.75, 3.05) is 0 Å². The third-order valence-corrected chi connectivity index (χ3v) is 4.31. The molecular weight excluding hydrogens is 342 g/mol. The van der Waals surface area contributed by atoms with Gasteiger partial charge in [0, 0.05) is 0 Å². The van der Waals surface area contributed by atoms with Crippen molar-refractivity contribution in [1.29, 1.82) is 5.26 Å². The van der Waals surface area contributed by atoms with Crippen LogP contribution >= 0.6 is 0 Å². The van der Waals surface area contributed by atoms with Crippen molar-refractivity contribution in [1.82, 2.24) is 9.55 Å². The predicted molar refractivity (Wildman–Crippen MR) is 101 cm³/mol. The average Bonchev–Trinajstić information content (AvgIpc) is 2.68. The number of fused-ring (bicyclic) bond motifs is 1. The molecule has 0 unspecified atom stereocenters. The summed E-state index contributed by atoms with van der Waals surface area (Å²) in [6.45, 7) is 3.81. The first-order valence-electron chi connectivity index (χ1n) is 8.63. The van der Waals surface area contributed by atoms with Gasteiger partial charge in [-0.05, 0) is 35.7 Å². The monoisotopic (exact) mass is 361 g/mol. The smallest absolute Gasteiger partial charge is 0.338 e. The second kappa shape index (κ2) is 7.83. The summed E-state index contributed by atoms with van der Waals surface area (Å²) in [7, 11) is 0. The zero-order valence-corrected chi connectivity index (χ0v) is 15.2. The molecule has 0 N–H and O–H groups in total. The maximum atomic E-state index is 12.6. The van der Waals surface area contributed by atoms with Crippen LogP contribution in [0.1, 0.15) is 41.5 Å². The molecule has 3 aromatic rings. The lowest BCUT2D eigenvalue weighted by atomic mass is 10.0. The summed E-state index contributed by atoms with van der Waals surface area (Å²) in [4.78, 5) is 29.3. The topological polar surface area (TPSA) is 85.0 Å². The van der Waals surface area contributed by atoms with Gasteiger partial charge in [-0.2, -0.15) is 5.26 Å². The lowest BCUT2D eigenvalue weighted by Gasteiger charge is -2.11. The zero-order valence-electron chi connectivity index (χ0n) is 15.2. The van der Waals surface area contributed by atoms with E-state index in [0.717, 1.165) is 5.56 Å². The molecule has 3 rings (SSSR count). The minimum absolute atomic E-state index is 0.160. The summed E-state index contributed by atoms with van der Waals surface area (Å²) in [5, 5.41) is 9.44. The normalized spacial score (nSPS) is 10.7. The second-order valence-electron chi connectivity index (χ2n) is 6.45. The molecule has 0 amide bonds.